The number of benzene rings is 2. The zero-order chi connectivity index (χ0) is 19.6. The molecule has 148 valence electrons. The van der Waals surface area contributed by atoms with Crippen LogP contribution in [0.3, 0.4) is 0 Å². The van der Waals surface area contributed by atoms with Crippen LogP contribution in [0.1, 0.15) is 25.0 Å². The van der Waals surface area contributed by atoms with Crippen molar-refractivity contribution in [1.29, 1.82) is 0 Å². The highest BCUT2D eigenvalue weighted by Gasteiger charge is 2.15. The van der Waals surface area contributed by atoms with E-state index in [9.17, 15) is 0 Å². The van der Waals surface area contributed by atoms with Crippen molar-refractivity contribution in [3.8, 4) is 11.5 Å². The molecular weight excluding hydrogens is 428 g/mol. The minimum Gasteiger partial charge on any atom is -0.493 e. The monoisotopic (exact) mass is 454 g/mol. The Morgan fingerprint density at radius 2 is 1.93 bits per heavy atom. The topological polar surface area (TPSA) is 33.7 Å². The SMILES string of the molecule is CCN(CC)CCNCc1c(Br)ccc(OC)c1OCc1cccc(Cl)c1. The Balaban J connectivity index is 2.08. The first-order chi connectivity index (χ1) is 13.1. The van der Waals surface area contributed by atoms with E-state index >= 15 is 0 Å². The van der Waals surface area contributed by atoms with E-state index in [0.717, 1.165) is 53.3 Å². The van der Waals surface area contributed by atoms with E-state index in [1.165, 1.54) is 0 Å². The van der Waals surface area contributed by atoms with E-state index in [1.807, 2.05) is 36.4 Å². The third kappa shape index (κ3) is 6.68. The van der Waals surface area contributed by atoms with Crippen LogP contribution in [0, 0.1) is 0 Å². The predicted octanol–water partition coefficient (Wildman–Crippen LogP) is 5.12. The van der Waals surface area contributed by atoms with Gasteiger partial charge in [0.2, 0.25) is 0 Å². The summed E-state index contributed by atoms with van der Waals surface area (Å²) in [5.41, 5.74) is 2.07. The standard InChI is InChI=1S/C21H28BrClN2O2/c1-4-25(5-2)12-11-24-14-18-19(22)9-10-20(26-3)21(18)27-15-16-7-6-8-17(23)13-16/h6-10,13,24H,4-5,11-12,14-15H2,1-3H3. The van der Waals surface area contributed by atoms with Crippen molar-refractivity contribution < 1.29 is 9.47 Å². The molecule has 0 amide bonds. The minimum absolute atomic E-state index is 0.430. The Morgan fingerprint density at radius 3 is 2.59 bits per heavy atom. The van der Waals surface area contributed by atoms with Crippen LogP contribution in [0.15, 0.2) is 40.9 Å². The predicted molar refractivity (Wildman–Crippen MR) is 116 cm³/mol. The number of likely N-dealkylation sites (N-methyl/N-ethyl adjacent to an activating group) is 1. The molecule has 0 unspecified atom stereocenters. The van der Waals surface area contributed by atoms with Crippen LogP contribution in [-0.2, 0) is 13.2 Å². The molecule has 27 heavy (non-hydrogen) atoms. The lowest BCUT2D eigenvalue weighted by molar-refractivity contribution is 0.279. The van der Waals surface area contributed by atoms with Gasteiger partial charge in [0.05, 0.1) is 7.11 Å². The largest absolute Gasteiger partial charge is 0.493 e. The highest BCUT2D eigenvalue weighted by atomic mass is 79.9. The van der Waals surface area contributed by atoms with Gasteiger partial charge in [0.1, 0.15) is 6.61 Å². The van der Waals surface area contributed by atoms with Crippen LogP contribution >= 0.6 is 27.5 Å². The maximum atomic E-state index is 6.14. The van der Waals surface area contributed by atoms with Crippen LogP contribution in [0.5, 0.6) is 11.5 Å². The summed E-state index contributed by atoms with van der Waals surface area (Å²) in [5.74, 6) is 1.47. The van der Waals surface area contributed by atoms with Gasteiger partial charge in [0.15, 0.2) is 11.5 Å². The van der Waals surface area contributed by atoms with Crippen molar-refractivity contribution in [3.63, 3.8) is 0 Å². The van der Waals surface area contributed by atoms with Crippen LogP contribution in [0.4, 0.5) is 0 Å². The maximum Gasteiger partial charge on any atom is 0.167 e. The average molecular weight is 456 g/mol. The molecule has 0 atom stereocenters. The van der Waals surface area contributed by atoms with E-state index in [1.54, 1.807) is 7.11 Å². The smallest absolute Gasteiger partial charge is 0.167 e. The lowest BCUT2D eigenvalue weighted by Gasteiger charge is -2.20. The van der Waals surface area contributed by atoms with E-state index in [-0.39, 0.29) is 0 Å². The van der Waals surface area contributed by atoms with Gasteiger partial charge >= 0.3 is 0 Å². The molecule has 0 saturated heterocycles. The number of nitrogens with one attached hydrogen (secondary N) is 1. The molecule has 0 aliphatic heterocycles. The Morgan fingerprint density at radius 1 is 1.15 bits per heavy atom. The summed E-state index contributed by atoms with van der Waals surface area (Å²) in [6.07, 6.45) is 0. The van der Waals surface area contributed by atoms with Crippen molar-refractivity contribution >= 4 is 27.5 Å². The molecule has 6 heteroatoms. The van der Waals surface area contributed by atoms with Gasteiger partial charge in [0.25, 0.3) is 0 Å². The van der Waals surface area contributed by atoms with Gasteiger partial charge in [0, 0.05) is 34.7 Å². The molecule has 2 aromatic rings. The van der Waals surface area contributed by atoms with Gasteiger partial charge in [-0.3, -0.25) is 0 Å². The van der Waals surface area contributed by atoms with E-state index in [0.29, 0.717) is 18.2 Å². The number of rotatable bonds is 11. The fourth-order valence-corrected chi connectivity index (χ4v) is 3.50. The zero-order valence-corrected chi connectivity index (χ0v) is 18.6. The van der Waals surface area contributed by atoms with Crippen molar-refractivity contribution in [2.24, 2.45) is 0 Å². The molecule has 0 saturated carbocycles. The summed E-state index contributed by atoms with van der Waals surface area (Å²) in [6.45, 7) is 9.56. The highest BCUT2D eigenvalue weighted by Crippen LogP contribution is 2.36. The van der Waals surface area contributed by atoms with E-state index in [2.05, 4.69) is 40.0 Å². The summed E-state index contributed by atoms with van der Waals surface area (Å²) < 4.78 is 12.7. The van der Waals surface area contributed by atoms with Gasteiger partial charge in [-0.05, 0) is 42.9 Å². The average Bonchev–Trinajstić information content (AvgIpc) is 2.68. The zero-order valence-electron chi connectivity index (χ0n) is 16.2. The normalized spacial score (nSPS) is 11.0. The third-order valence-electron chi connectivity index (χ3n) is 4.46. The Kier molecular flexibility index (Phi) is 9.42. The second-order valence-corrected chi connectivity index (χ2v) is 7.47. The maximum absolute atomic E-state index is 6.14. The molecule has 0 radical (unpaired) electrons. The summed E-state index contributed by atoms with van der Waals surface area (Å²) >= 11 is 9.72. The van der Waals surface area contributed by atoms with Crippen LogP contribution in [-0.4, -0.2) is 38.2 Å². The van der Waals surface area contributed by atoms with Crippen LogP contribution < -0.4 is 14.8 Å². The molecule has 0 bridgehead atoms. The van der Waals surface area contributed by atoms with Gasteiger partial charge in [-0.2, -0.15) is 0 Å². The third-order valence-corrected chi connectivity index (χ3v) is 5.44. The van der Waals surface area contributed by atoms with Crippen LogP contribution in [0.25, 0.3) is 0 Å². The second-order valence-electron chi connectivity index (χ2n) is 6.18. The fraction of sp³-hybridized carbons (Fsp3) is 0.429. The van der Waals surface area contributed by atoms with Crippen molar-refractivity contribution in [1.82, 2.24) is 10.2 Å². The Labute approximate surface area is 175 Å². The molecule has 2 aromatic carbocycles. The first-order valence-corrected chi connectivity index (χ1v) is 10.4. The molecule has 4 nitrogen and oxygen atoms in total. The number of ether oxygens (including phenoxy) is 2. The molecule has 0 heterocycles. The number of nitrogens with zero attached hydrogens (tertiary/aromatic N) is 1. The Hall–Kier alpha value is -1.27. The van der Waals surface area contributed by atoms with Crippen molar-refractivity contribution in [2.45, 2.75) is 27.0 Å². The summed E-state index contributed by atoms with van der Waals surface area (Å²) in [7, 11) is 1.66. The quantitative estimate of drug-likeness (QED) is 0.477. The molecule has 0 aliphatic rings. The van der Waals surface area contributed by atoms with Crippen molar-refractivity contribution in [3.05, 3.63) is 57.0 Å². The first kappa shape index (κ1) is 22.0. The molecule has 0 fully saturated rings. The fourth-order valence-electron chi connectivity index (χ4n) is 2.84. The Bertz CT molecular complexity index is 723. The van der Waals surface area contributed by atoms with Crippen molar-refractivity contribution in [2.75, 3.05) is 33.3 Å². The summed E-state index contributed by atoms with van der Waals surface area (Å²) in [6, 6.07) is 11.6. The lowest BCUT2D eigenvalue weighted by atomic mass is 10.1. The second kappa shape index (κ2) is 11.5. The number of hydrogen-bond acceptors (Lipinski definition) is 4. The number of hydrogen-bond donors (Lipinski definition) is 1. The molecule has 0 aromatic heterocycles. The summed E-state index contributed by atoms with van der Waals surface area (Å²) in [4.78, 5) is 2.39. The van der Waals surface area contributed by atoms with Gasteiger partial charge in [-0.1, -0.05) is 53.5 Å². The summed E-state index contributed by atoms with van der Waals surface area (Å²) in [5, 5.41) is 4.22. The van der Waals surface area contributed by atoms with Gasteiger partial charge in [-0.15, -0.1) is 0 Å². The molecule has 0 spiro atoms. The molecule has 1 N–H and O–H groups in total. The van der Waals surface area contributed by atoms with Gasteiger partial charge < -0.3 is 19.7 Å². The molecule has 0 aliphatic carbocycles. The van der Waals surface area contributed by atoms with Gasteiger partial charge in [-0.25, -0.2) is 0 Å². The molecule has 2 rings (SSSR count). The first-order valence-electron chi connectivity index (χ1n) is 9.24. The lowest BCUT2D eigenvalue weighted by Crippen LogP contribution is -2.31. The highest BCUT2D eigenvalue weighted by molar-refractivity contribution is 9.10. The van der Waals surface area contributed by atoms with E-state index < -0.39 is 0 Å². The van der Waals surface area contributed by atoms with E-state index in [4.69, 9.17) is 21.1 Å². The number of methoxy groups -OCH3 is 1. The van der Waals surface area contributed by atoms with Crippen LogP contribution in [0.2, 0.25) is 5.02 Å². The molecular formula is C21H28BrClN2O2. The number of halogens is 2. The minimum atomic E-state index is 0.430.